The number of hydrogen-bond acceptors (Lipinski definition) is 4. The van der Waals surface area contributed by atoms with Crippen LogP contribution in [0, 0.1) is 5.92 Å². The first-order valence-corrected chi connectivity index (χ1v) is 9.55. The van der Waals surface area contributed by atoms with Gasteiger partial charge in [-0.1, -0.05) is 12.1 Å². The molecule has 1 fully saturated rings. The minimum absolute atomic E-state index is 0.0617. The molecular weight excluding hydrogens is 300 g/mol. The molecule has 2 N–H and O–H groups in total. The van der Waals surface area contributed by atoms with Crippen molar-refractivity contribution in [3.8, 4) is 0 Å². The van der Waals surface area contributed by atoms with Crippen LogP contribution in [0.1, 0.15) is 37.8 Å². The largest absolute Gasteiger partial charge is 0.350 e. The molecule has 0 radical (unpaired) electrons. The van der Waals surface area contributed by atoms with Gasteiger partial charge in [-0.3, -0.25) is 4.79 Å². The average Bonchev–Trinajstić information content (AvgIpc) is 2.47. The van der Waals surface area contributed by atoms with Crippen LogP contribution >= 0.6 is 0 Å². The van der Waals surface area contributed by atoms with Gasteiger partial charge in [0.05, 0.1) is 10.9 Å². The lowest BCUT2D eigenvalue weighted by Crippen LogP contribution is -2.33. The van der Waals surface area contributed by atoms with Gasteiger partial charge in [0.25, 0.3) is 0 Å². The number of carbonyl (C=O) groups is 1. The van der Waals surface area contributed by atoms with Crippen LogP contribution in [0.25, 0.3) is 0 Å². The molecular formula is C16H24N2O3S. The Bertz CT molecular complexity index is 605. The SMILES string of the molecule is CC(NC(=O)CC1CCNCC1)c1ccc(S(C)(=O)=O)cc1. The van der Waals surface area contributed by atoms with Crippen LogP contribution in [0.2, 0.25) is 0 Å². The number of benzene rings is 1. The van der Waals surface area contributed by atoms with Gasteiger partial charge in [0.15, 0.2) is 9.84 Å². The Morgan fingerprint density at radius 2 is 1.86 bits per heavy atom. The van der Waals surface area contributed by atoms with Crippen LogP contribution in [0.3, 0.4) is 0 Å². The van der Waals surface area contributed by atoms with Crippen molar-refractivity contribution >= 4 is 15.7 Å². The molecule has 6 heteroatoms. The van der Waals surface area contributed by atoms with E-state index in [0.29, 0.717) is 17.2 Å². The van der Waals surface area contributed by atoms with Crippen molar-refractivity contribution < 1.29 is 13.2 Å². The minimum atomic E-state index is -3.18. The van der Waals surface area contributed by atoms with E-state index < -0.39 is 9.84 Å². The third-order valence-corrected chi connectivity index (χ3v) is 5.25. The van der Waals surface area contributed by atoms with Gasteiger partial charge in [-0.2, -0.15) is 0 Å². The molecule has 122 valence electrons. The van der Waals surface area contributed by atoms with Gasteiger partial charge in [-0.05, 0) is 56.5 Å². The predicted octanol–water partition coefficient (Wildman–Crippen LogP) is 1.66. The maximum absolute atomic E-state index is 12.1. The summed E-state index contributed by atoms with van der Waals surface area (Å²) in [7, 11) is -3.18. The molecule has 1 heterocycles. The molecule has 1 saturated heterocycles. The molecule has 0 aromatic heterocycles. The second kappa shape index (κ2) is 7.24. The average molecular weight is 324 g/mol. The van der Waals surface area contributed by atoms with E-state index in [1.807, 2.05) is 6.92 Å². The zero-order chi connectivity index (χ0) is 16.2. The Morgan fingerprint density at radius 3 is 2.41 bits per heavy atom. The summed E-state index contributed by atoms with van der Waals surface area (Å²) in [6.45, 7) is 3.89. The highest BCUT2D eigenvalue weighted by Crippen LogP contribution is 2.19. The highest BCUT2D eigenvalue weighted by atomic mass is 32.2. The van der Waals surface area contributed by atoms with Gasteiger partial charge >= 0.3 is 0 Å². The fraction of sp³-hybridized carbons (Fsp3) is 0.562. The van der Waals surface area contributed by atoms with E-state index in [4.69, 9.17) is 0 Å². The Hall–Kier alpha value is -1.40. The Kier molecular flexibility index (Phi) is 5.58. The van der Waals surface area contributed by atoms with E-state index in [9.17, 15) is 13.2 Å². The second-order valence-electron chi connectivity index (χ2n) is 6.03. The van der Waals surface area contributed by atoms with Gasteiger partial charge in [-0.25, -0.2) is 8.42 Å². The second-order valence-corrected chi connectivity index (χ2v) is 8.04. The fourth-order valence-corrected chi connectivity index (χ4v) is 3.37. The number of carbonyl (C=O) groups excluding carboxylic acids is 1. The topological polar surface area (TPSA) is 75.3 Å². The van der Waals surface area contributed by atoms with E-state index in [1.165, 1.54) is 6.26 Å². The quantitative estimate of drug-likeness (QED) is 0.864. The zero-order valence-electron chi connectivity index (χ0n) is 13.1. The number of amides is 1. The van der Waals surface area contributed by atoms with E-state index in [0.717, 1.165) is 31.5 Å². The molecule has 1 aromatic carbocycles. The summed E-state index contributed by atoms with van der Waals surface area (Å²) < 4.78 is 22.9. The fourth-order valence-electron chi connectivity index (χ4n) is 2.74. The Labute approximate surface area is 132 Å². The summed E-state index contributed by atoms with van der Waals surface area (Å²) in [5.41, 5.74) is 0.908. The van der Waals surface area contributed by atoms with Crippen LogP contribution in [0.15, 0.2) is 29.2 Å². The van der Waals surface area contributed by atoms with Crippen molar-refractivity contribution in [1.82, 2.24) is 10.6 Å². The lowest BCUT2D eigenvalue weighted by molar-refractivity contribution is -0.122. The van der Waals surface area contributed by atoms with Gasteiger partial charge in [0.1, 0.15) is 0 Å². The van der Waals surface area contributed by atoms with Gasteiger partial charge in [0.2, 0.25) is 5.91 Å². The molecule has 1 amide bonds. The molecule has 0 bridgehead atoms. The molecule has 5 nitrogen and oxygen atoms in total. The number of piperidine rings is 1. The molecule has 0 aliphatic carbocycles. The maximum atomic E-state index is 12.1. The molecule has 2 rings (SSSR count). The first-order chi connectivity index (χ1) is 10.4. The zero-order valence-corrected chi connectivity index (χ0v) is 13.9. The minimum Gasteiger partial charge on any atom is -0.350 e. The first kappa shape index (κ1) is 17.0. The standard InChI is InChI=1S/C16H24N2O3S/c1-12(14-3-5-15(6-4-14)22(2,20)21)18-16(19)11-13-7-9-17-10-8-13/h3-6,12-13,17H,7-11H2,1-2H3,(H,18,19). The number of rotatable bonds is 5. The van der Waals surface area contributed by atoms with Crippen LogP contribution in [0.4, 0.5) is 0 Å². The smallest absolute Gasteiger partial charge is 0.220 e. The molecule has 22 heavy (non-hydrogen) atoms. The molecule has 1 unspecified atom stereocenters. The lowest BCUT2D eigenvalue weighted by Gasteiger charge is -2.23. The highest BCUT2D eigenvalue weighted by Gasteiger charge is 2.18. The van der Waals surface area contributed by atoms with Crippen LogP contribution < -0.4 is 10.6 Å². The van der Waals surface area contributed by atoms with Gasteiger partial charge < -0.3 is 10.6 Å². The summed E-state index contributed by atoms with van der Waals surface area (Å²) >= 11 is 0. The van der Waals surface area contributed by atoms with Crippen molar-refractivity contribution in [2.45, 2.75) is 37.1 Å². The molecule has 1 atom stereocenters. The van der Waals surface area contributed by atoms with Crippen molar-refractivity contribution in [3.63, 3.8) is 0 Å². The number of sulfone groups is 1. The molecule has 0 saturated carbocycles. The summed E-state index contributed by atoms with van der Waals surface area (Å²) in [6, 6.07) is 6.56. The third-order valence-electron chi connectivity index (χ3n) is 4.12. The molecule has 1 aliphatic heterocycles. The molecule has 1 aliphatic rings. The van der Waals surface area contributed by atoms with Crippen molar-refractivity contribution in [3.05, 3.63) is 29.8 Å². The predicted molar refractivity (Wildman–Crippen MR) is 86.3 cm³/mol. The third kappa shape index (κ3) is 4.81. The van der Waals surface area contributed by atoms with Crippen molar-refractivity contribution in [1.29, 1.82) is 0 Å². The highest BCUT2D eigenvalue weighted by molar-refractivity contribution is 7.90. The number of nitrogens with one attached hydrogen (secondary N) is 2. The van der Waals surface area contributed by atoms with Crippen LogP contribution in [-0.4, -0.2) is 33.7 Å². The first-order valence-electron chi connectivity index (χ1n) is 7.66. The van der Waals surface area contributed by atoms with E-state index >= 15 is 0 Å². The van der Waals surface area contributed by atoms with E-state index in [2.05, 4.69) is 10.6 Å². The monoisotopic (exact) mass is 324 g/mol. The van der Waals surface area contributed by atoms with E-state index in [-0.39, 0.29) is 11.9 Å². The summed E-state index contributed by atoms with van der Waals surface area (Å²) in [5.74, 6) is 0.521. The van der Waals surface area contributed by atoms with Gasteiger partial charge in [-0.15, -0.1) is 0 Å². The maximum Gasteiger partial charge on any atom is 0.220 e. The van der Waals surface area contributed by atoms with Crippen LogP contribution in [-0.2, 0) is 14.6 Å². The summed E-state index contributed by atoms with van der Waals surface area (Å²) in [4.78, 5) is 12.4. The summed E-state index contributed by atoms with van der Waals surface area (Å²) in [5, 5.41) is 6.28. The lowest BCUT2D eigenvalue weighted by atomic mass is 9.94. The normalized spacial score (nSPS) is 17.9. The molecule has 0 spiro atoms. The van der Waals surface area contributed by atoms with Crippen molar-refractivity contribution in [2.75, 3.05) is 19.3 Å². The van der Waals surface area contributed by atoms with E-state index in [1.54, 1.807) is 24.3 Å². The summed E-state index contributed by atoms with van der Waals surface area (Å²) in [6.07, 6.45) is 3.84. The Balaban J connectivity index is 1.90. The van der Waals surface area contributed by atoms with Crippen LogP contribution in [0.5, 0.6) is 0 Å². The number of hydrogen-bond donors (Lipinski definition) is 2. The van der Waals surface area contributed by atoms with Crippen molar-refractivity contribution in [2.24, 2.45) is 5.92 Å². The molecule has 1 aromatic rings. The van der Waals surface area contributed by atoms with Gasteiger partial charge in [0, 0.05) is 12.7 Å². The Morgan fingerprint density at radius 1 is 1.27 bits per heavy atom.